The van der Waals surface area contributed by atoms with Crippen LogP contribution in [0.4, 0.5) is 0 Å². The molecule has 0 amide bonds. The van der Waals surface area contributed by atoms with Crippen LogP contribution in [0, 0.1) is 0 Å². The van der Waals surface area contributed by atoms with Gasteiger partial charge in [0.25, 0.3) is 0 Å². The largest absolute Gasteiger partial charge is 0.373 e. The maximum absolute atomic E-state index is 11.8. The van der Waals surface area contributed by atoms with E-state index in [0.29, 0.717) is 10.9 Å². The van der Waals surface area contributed by atoms with Crippen LogP contribution in [-0.2, 0) is 4.57 Å². The lowest BCUT2D eigenvalue weighted by Crippen LogP contribution is -2.49. The Balaban J connectivity index is 3.62. The van der Waals surface area contributed by atoms with Crippen molar-refractivity contribution in [1.29, 1.82) is 0 Å². The summed E-state index contributed by atoms with van der Waals surface area (Å²) in [6.07, 6.45) is 28.4. The molecular formula is C27H55NO4P+. The van der Waals surface area contributed by atoms with Crippen LogP contribution in [0.2, 0.25) is 0 Å². The molecule has 33 heavy (non-hydrogen) atoms. The Bertz CT molecular complexity index is 565. The third-order valence-electron chi connectivity index (χ3n) is 6.00. The smallest absolute Gasteiger partial charge is 0.362 e. The zero-order valence-corrected chi connectivity index (χ0v) is 23.1. The van der Waals surface area contributed by atoms with Crippen molar-refractivity contribution < 1.29 is 23.9 Å². The maximum atomic E-state index is 11.8. The summed E-state index contributed by atoms with van der Waals surface area (Å²) in [7, 11) is 0.954. The number of quaternary nitrogens is 1. The zero-order chi connectivity index (χ0) is 25.1. The molecule has 6 heteroatoms. The standard InChI is InChI=1S/C27H54NO4P/c1-5-6-7-8-9-10-11-12-13-14-15-16-17-18-19-20-21-22-23-24-25-27(29,33(30,31)32)26-28(2,3)4/h7-8,18-19,29H,5-6,9-17,20-26H2,1-4H3,(H-,30,31,32)/p+1/b8-7-,19-18-. The predicted molar refractivity (Wildman–Crippen MR) is 142 cm³/mol. The van der Waals surface area contributed by atoms with E-state index in [1.165, 1.54) is 70.6 Å². The Hall–Kier alpha value is -0.450. The molecule has 3 N–H and O–H groups in total. The number of nitrogens with zero attached hydrogens (tertiary/aromatic N) is 1. The van der Waals surface area contributed by atoms with Crippen molar-refractivity contribution >= 4 is 7.60 Å². The third kappa shape index (κ3) is 19.5. The number of aliphatic hydroxyl groups is 1. The second kappa shape index (κ2) is 18.8. The van der Waals surface area contributed by atoms with Gasteiger partial charge < -0.3 is 19.4 Å². The maximum Gasteiger partial charge on any atom is 0.362 e. The zero-order valence-electron chi connectivity index (χ0n) is 22.2. The number of hydrogen-bond acceptors (Lipinski definition) is 2. The highest BCUT2D eigenvalue weighted by molar-refractivity contribution is 7.53. The molecule has 0 aliphatic carbocycles. The van der Waals surface area contributed by atoms with Gasteiger partial charge in [-0.05, 0) is 57.8 Å². The molecule has 1 atom stereocenters. The highest BCUT2D eigenvalue weighted by Crippen LogP contribution is 2.52. The lowest BCUT2D eigenvalue weighted by Gasteiger charge is -2.35. The van der Waals surface area contributed by atoms with E-state index >= 15 is 0 Å². The third-order valence-corrected chi connectivity index (χ3v) is 7.45. The highest BCUT2D eigenvalue weighted by Gasteiger charge is 2.48. The van der Waals surface area contributed by atoms with E-state index in [9.17, 15) is 19.5 Å². The fraction of sp³-hybridized carbons (Fsp3) is 0.852. The van der Waals surface area contributed by atoms with Gasteiger partial charge in [-0.3, -0.25) is 4.57 Å². The molecule has 0 aliphatic heterocycles. The van der Waals surface area contributed by atoms with Crippen LogP contribution >= 0.6 is 7.60 Å². The molecule has 0 aromatic rings. The van der Waals surface area contributed by atoms with Crippen LogP contribution in [0.25, 0.3) is 0 Å². The van der Waals surface area contributed by atoms with Crippen molar-refractivity contribution in [2.24, 2.45) is 0 Å². The van der Waals surface area contributed by atoms with Crippen LogP contribution in [-0.4, -0.2) is 52.4 Å². The van der Waals surface area contributed by atoms with Gasteiger partial charge >= 0.3 is 7.60 Å². The fourth-order valence-corrected chi connectivity index (χ4v) is 5.20. The Morgan fingerprint density at radius 1 is 0.667 bits per heavy atom. The van der Waals surface area contributed by atoms with Gasteiger partial charge in [-0.25, -0.2) is 0 Å². The summed E-state index contributed by atoms with van der Waals surface area (Å²) in [6, 6.07) is 0. The van der Waals surface area contributed by atoms with Crippen molar-refractivity contribution in [3.63, 3.8) is 0 Å². The first-order valence-electron chi connectivity index (χ1n) is 13.4. The summed E-state index contributed by atoms with van der Waals surface area (Å²) in [4.78, 5) is 19.2. The van der Waals surface area contributed by atoms with E-state index < -0.39 is 12.9 Å². The van der Waals surface area contributed by atoms with Gasteiger partial charge in [0.05, 0.1) is 21.1 Å². The van der Waals surface area contributed by atoms with E-state index in [-0.39, 0.29) is 13.0 Å². The summed E-state index contributed by atoms with van der Waals surface area (Å²) in [5.74, 6) is 0. The number of rotatable bonds is 22. The highest BCUT2D eigenvalue weighted by atomic mass is 31.2. The van der Waals surface area contributed by atoms with Gasteiger partial charge in [-0.1, -0.05) is 82.6 Å². The van der Waals surface area contributed by atoms with Crippen molar-refractivity contribution in [2.45, 2.75) is 121 Å². The van der Waals surface area contributed by atoms with Gasteiger partial charge in [0.15, 0.2) is 0 Å². The lowest BCUT2D eigenvalue weighted by atomic mass is 10.1. The van der Waals surface area contributed by atoms with Gasteiger partial charge in [0.2, 0.25) is 5.34 Å². The van der Waals surface area contributed by atoms with Crippen molar-refractivity contribution in [3.05, 3.63) is 24.3 Å². The number of allylic oxidation sites excluding steroid dienone is 4. The molecule has 0 heterocycles. The van der Waals surface area contributed by atoms with Crippen molar-refractivity contribution in [3.8, 4) is 0 Å². The molecule has 0 aliphatic rings. The second-order valence-corrected chi connectivity index (χ2v) is 12.6. The van der Waals surface area contributed by atoms with E-state index in [2.05, 4.69) is 31.2 Å². The minimum Gasteiger partial charge on any atom is -0.373 e. The Morgan fingerprint density at radius 2 is 1.03 bits per heavy atom. The number of unbranched alkanes of at least 4 members (excludes halogenated alkanes) is 13. The Labute approximate surface area is 205 Å². The summed E-state index contributed by atoms with van der Waals surface area (Å²) < 4.78 is 12.1. The molecule has 0 bridgehead atoms. The molecule has 0 spiro atoms. The van der Waals surface area contributed by atoms with Crippen molar-refractivity contribution in [1.82, 2.24) is 0 Å². The molecule has 0 saturated heterocycles. The van der Waals surface area contributed by atoms with Crippen LogP contribution in [0.3, 0.4) is 0 Å². The minimum absolute atomic E-state index is 0.0523. The van der Waals surface area contributed by atoms with Crippen LogP contribution < -0.4 is 0 Å². The van der Waals surface area contributed by atoms with E-state index in [1.807, 2.05) is 21.1 Å². The van der Waals surface area contributed by atoms with Gasteiger partial charge in [-0.15, -0.1) is 0 Å². The summed E-state index contributed by atoms with van der Waals surface area (Å²) in [6.45, 7) is 2.27. The SMILES string of the molecule is CCC/C=C\CCCCCCCCC/C=C\CCCCCCC(O)(C[N+](C)(C)C)P(=O)(O)O. The molecule has 0 radical (unpaired) electrons. The molecule has 196 valence electrons. The first-order valence-corrected chi connectivity index (χ1v) is 15.0. The van der Waals surface area contributed by atoms with Crippen molar-refractivity contribution in [2.75, 3.05) is 27.7 Å². The molecular weight excluding hydrogens is 433 g/mol. The summed E-state index contributed by atoms with van der Waals surface area (Å²) in [5.41, 5.74) is 0. The summed E-state index contributed by atoms with van der Waals surface area (Å²) >= 11 is 0. The van der Waals surface area contributed by atoms with Gasteiger partial charge in [0, 0.05) is 0 Å². The van der Waals surface area contributed by atoms with E-state index in [1.54, 1.807) is 0 Å². The normalized spacial score (nSPS) is 15.0. The molecule has 0 fully saturated rings. The second-order valence-electron chi connectivity index (χ2n) is 10.7. The molecule has 1 unspecified atom stereocenters. The summed E-state index contributed by atoms with van der Waals surface area (Å²) in [5, 5.41) is 8.62. The van der Waals surface area contributed by atoms with Gasteiger partial charge in [0.1, 0.15) is 6.54 Å². The predicted octanol–water partition coefficient (Wildman–Crippen LogP) is 7.32. The molecule has 0 saturated carbocycles. The Morgan fingerprint density at radius 3 is 1.39 bits per heavy atom. The van der Waals surface area contributed by atoms with Crippen LogP contribution in [0.15, 0.2) is 24.3 Å². The first-order chi connectivity index (χ1) is 15.5. The molecule has 0 rings (SSSR count). The monoisotopic (exact) mass is 488 g/mol. The van der Waals surface area contributed by atoms with Crippen LogP contribution in [0.5, 0.6) is 0 Å². The minimum atomic E-state index is -4.55. The van der Waals surface area contributed by atoms with E-state index in [4.69, 9.17) is 0 Å². The number of hydrogen-bond donors (Lipinski definition) is 3. The molecule has 0 aromatic carbocycles. The lowest BCUT2D eigenvalue weighted by molar-refractivity contribution is -0.875. The quantitative estimate of drug-likeness (QED) is 0.0645. The number of likely N-dealkylation sites (N-methyl/N-ethyl adjacent to an activating group) is 1. The first kappa shape index (κ1) is 32.5. The Kier molecular flexibility index (Phi) is 18.6. The average molecular weight is 489 g/mol. The fourth-order valence-electron chi connectivity index (χ4n) is 4.15. The topological polar surface area (TPSA) is 77.8 Å². The van der Waals surface area contributed by atoms with Gasteiger partial charge in [-0.2, -0.15) is 0 Å². The van der Waals surface area contributed by atoms with Crippen LogP contribution in [0.1, 0.15) is 116 Å². The average Bonchev–Trinajstić information content (AvgIpc) is 2.70. The van der Waals surface area contributed by atoms with E-state index in [0.717, 1.165) is 25.7 Å². The molecule has 5 nitrogen and oxygen atoms in total. The molecule has 0 aromatic heterocycles.